The Balaban J connectivity index is 1.76. The Morgan fingerprint density at radius 2 is 2.29 bits per heavy atom. The first-order valence-corrected chi connectivity index (χ1v) is 8.56. The van der Waals surface area contributed by atoms with E-state index in [2.05, 4.69) is 15.5 Å². The molecule has 0 saturated heterocycles. The average Bonchev–Trinajstić information content (AvgIpc) is 3.35. The molecule has 1 aromatic heterocycles. The lowest BCUT2D eigenvalue weighted by atomic mass is 9.95. The van der Waals surface area contributed by atoms with E-state index in [4.69, 9.17) is 4.74 Å². The van der Waals surface area contributed by atoms with Crippen molar-refractivity contribution in [2.24, 2.45) is 13.0 Å². The monoisotopic (exact) mass is 310 g/mol. The van der Waals surface area contributed by atoms with Crippen molar-refractivity contribution in [3.05, 3.63) is 6.33 Å². The molecule has 6 nitrogen and oxygen atoms in total. The number of esters is 1. The molecule has 2 saturated carbocycles. The van der Waals surface area contributed by atoms with Gasteiger partial charge in [-0.15, -0.1) is 10.2 Å². The summed E-state index contributed by atoms with van der Waals surface area (Å²) in [4.78, 5) is 12.6. The van der Waals surface area contributed by atoms with Gasteiger partial charge in [0.2, 0.25) is 0 Å². The van der Waals surface area contributed by atoms with Crippen LogP contribution in [0.4, 0.5) is 0 Å². The van der Waals surface area contributed by atoms with Crippen LogP contribution in [0.5, 0.6) is 0 Å². The van der Waals surface area contributed by atoms with E-state index in [1.165, 1.54) is 0 Å². The maximum absolute atomic E-state index is 12.6. The van der Waals surface area contributed by atoms with Gasteiger partial charge in [0.1, 0.15) is 11.9 Å². The SMILES string of the molecule is CCOC(=O)C(CSc1nncn1C)(NC1CC1)C1CC1. The molecule has 0 aliphatic heterocycles. The van der Waals surface area contributed by atoms with Gasteiger partial charge in [0.25, 0.3) is 0 Å². The second-order valence-corrected chi connectivity index (χ2v) is 6.84. The fourth-order valence-corrected chi connectivity index (χ4v) is 3.72. The molecule has 2 aliphatic carbocycles. The smallest absolute Gasteiger partial charge is 0.327 e. The molecular weight excluding hydrogens is 288 g/mol. The van der Waals surface area contributed by atoms with Gasteiger partial charge in [-0.3, -0.25) is 10.1 Å². The molecule has 116 valence electrons. The van der Waals surface area contributed by atoms with Gasteiger partial charge in [0, 0.05) is 18.8 Å². The van der Waals surface area contributed by atoms with E-state index in [-0.39, 0.29) is 5.97 Å². The molecule has 0 amide bonds. The molecule has 1 atom stereocenters. The zero-order valence-corrected chi connectivity index (χ0v) is 13.4. The van der Waals surface area contributed by atoms with Crippen molar-refractivity contribution in [3.8, 4) is 0 Å². The summed E-state index contributed by atoms with van der Waals surface area (Å²) in [5, 5.41) is 12.4. The molecule has 3 rings (SSSR count). The predicted octanol–water partition coefficient (Wildman–Crippen LogP) is 1.37. The number of aromatic nitrogens is 3. The van der Waals surface area contributed by atoms with Crippen molar-refractivity contribution in [2.45, 2.75) is 49.3 Å². The van der Waals surface area contributed by atoms with Crippen molar-refractivity contribution < 1.29 is 9.53 Å². The first-order chi connectivity index (χ1) is 10.2. The maximum atomic E-state index is 12.6. The van der Waals surface area contributed by atoms with E-state index < -0.39 is 5.54 Å². The Hall–Kier alpha value is -1.08. The lowest BCUT2D eigenvalue weighted by Crippen LogP contribution is -2.58. The molecule has 0 spiro atoms. The standard InChI is InChI=1S/C14H22N4O2S/c1-3-20-12(19)14(10-4-5-10,16-11-6-7-11)8-21-13-17-15-9-18(13)2/h9-11,16H,3-8H2,1-2H3. The molecule has 2 aliphatic rings. The number of carbonyl (C=O) groups is 1. The molecule has 2 fully saturated rings. The third-order valence-electron chi connectivity index (χ3n) is 4.05. The van der Waals surface area contributed by atoms with Crippen LogP contribution in [0.15, 0.2) is 11.5 Å². The average molecular weight is 310 g/mol. The van der Waals surface area contributed by atoms with Crippen LogP contribution in [0.1, 0.15) is 32.6 Å². The number of aryl methyl sites for hydroxylation is 1. The normalized spacial score (nSPS) is 21.0. The summed E-state index contributed by atoms with van der Waals surface area (Å²) in [5.41, 5.74) is -0.562. The lowest BCUT2D eigenvalue weighted by Gasteiger charge is -2.32. The van der Waals surface area contributed by atoms with Gasteiger partial charge >= 0.3 is 5.97 Å². The second-order valence-electron chi connectivity index (χ2n) is 5.90. The van der Waals surface area contributed by atoms with Crippen LogP contribution in [0, 0.1) is 5.92 Å². The van der Waals surface area contributed by atoms with Crippen molar-refractivity contribution in [2.75, 3.05) is 12.4 Å². The van der Waals surface area contributed by atoms with E-state index in [1.807, 2.05) is 18.5 Å². The first-order valence-electron chi connectivity index (χ1n) is 7.57. The zero-order valence-electron chi connectivity index (χ0n) is 12.5. The number of carbonyl (C=O) groups excluding carboxylic acids is 1. The number of thioether (sulfide) groups is 1. The Bertz CT molecular complexity index is 513. The van der Waals surface area contributed by atoms with E-state index in [0.29, 0.717) is 24.3 Å². The summed E-state index contributed by atoms with van der Waals surface area (Å²) in [5.74, 6) is 0.937. The Labute approximate surface area is 129 Å². The van der Waals surface area contributed by atoms with Crippen LogP contribution < -0.4 is 5.32 Å². The highest BCUT2D eigenvalue weighted by molar-refractivity contribution is 7.99. The van der Waals surface area contributed by atoms with Gasteiger partial charge in [0.05, 0.1) is 6.61 Å². The number of nitrogens with one attached hydrogen (secondary N) is 1. The predicted molar refractivity (Wildman–Crippen MR) is 80.0 cm³/mol. The minimum atomic E-state index is -0.562. The molecule has 0 bridgehead atoms. The van der Waals surface area contributed by atoms with Crippen molar-refractivity contribution in [1.82, 2.24) is 20.1 Å². The van der Waals surface area contributed by atoms with Crippen LogP contribution in [-0.4, -0.2) is 44.7 Å². The van der Waals surface area contributed by atoms with Gasteiger partial charge in [-0.2, -0.15) is 0 Å². The quantitative estimate of drug-likeness (QED) is 0.578. The Morgan fingerprint density at radius 1 is 1.52 bits per heavy atom. The van der Waals surface area contributed by atoms with Crippen molar-refractivity contribution in [3.63, 3.8) is 0 Å². The highest BCUT2D eigenvalue weighted by Crippen LogP contribution is 2.44. The summed E-state index contributed by atoms with van der Waals surface area (Å²) in [6.07, 6.45) is 6.18. The van der Waals surface area contributed by atoms with Crippen molar-refractivity contribution in [1.29, 1.82) is 0 Å². The van der Waals surface area contributed by atoms with E-state index in [9.17, 15) is 4.79 Å². The van der Waals surface area contributed by atoms with Gasteiger partial charge in [0.15, 0.2) is 5.16 Å². The third-order valence-corrected chi connectivity index (χ3v) is 5.28. The van der Waals surface area contributed by atoms with E-state index in [1.54, 1.807) is 18.1 Å². The maximum Gasteiger partial charge on any atom is 0.327 e. The topological polar surface area (TPSA) is 69.0 Å². The van der Waals surface area contributed by atoms with E-state index >= 15 is 0 Å². The molecule has 21 heavy (non-hydrogen) atoms. The molecular formula is C14H22N4O2S. The van der Waals surface area contributed by atoms with Gasteiger partial charge < -0.3 is 9.30 Å². The van der Waals surface area contributed by atoms with Gasteiger partial charge in [-0.25, -0.2) is 0 Å². The minimum Gasteiger partial charge on any atom is -0.465 e. The third kappa shape index (κ3) is 3.23. The summed E-state index contributed by atoms with van der Waals surface area (Å²) < 4.78 is 7.26. The number of ether oxygens (including phenoxy) is 1. The van der Waals surface area contributed by atoms with Crippen LogP contribution in [0.25, 0.3) is 0 Å². The summed E-state index contributed by atoms with van der Waals surface area (Å²) in [6.45, 7) is 2.29. The second kappa shape index (κ2) is 5.96. The fraction of sp³-hybridized carbons (Fsp3) is 0.786. The van der Waals surface area contributed by atoms with Crippen LogP contribution in [0.3, 0.4) is 0 Å². The molecule has 1 unspecified atom stereocenters. The molecule has 7 heteroatoms. The molecule has 1 aromatic rings. The zero-order chi connectivity index (χ0) is 14.9. The van der Waals surface area contributed by atoms with Crippen LogP contribution >= 0.6 is 11.8 Å². The molecule has 1 heterocycles. The summed E-state index contributed by atoms with van der Waals surface area (Å²) in [7, 11) is 1.92. The Morgan fingerprint density at radius 3 is 2.81 bits per heavy atom. The number of nitrogens with zero attached hydrogens (tertiary/aromatic N) is 3. The highest BCUT2D eigenvalue weighted by atomic mass is 32.2. The summed E-state index contributed by atoms with van der Waals surface area (Å²) in [6, 6.07) is 0.468. The first kappa shape index (κ1) is 14.8. The van der Waals surface area contributed by atoms with Crippen LogP contribution in [0.2, 0.25) is 0 Å². The van der Waals surface area contributed by atoms with Crippen LogP contribution in [-0.2, 0) is 16.6 Å². The highest BCUT2D eigenvalue weighted by Gasteiger charge is 2.54. The van der Waals surface area contributed by atoms with Gasteiger partial charge in [-0.1, -0.05) is 11.8 Å². The summed E-state index contributed by atoms with van der Waals surface area (Å²) >= 11 is 1.58. The number of rotatable bonds is 8. The molecule has 1 N–H and O–H groups in total. The molecule has 0 radical (unpaired) electrons. The fourth-order valence-electron chi connectivity index (χ4n) is 2.57. The largest absolute Gasteiger partial charge is 0.465 e. The van der Waals surface area contributed by atoms with E-state index in [0.717, 1.165) is 30.8 Å². The van der Waals surface area contributed by atoms with Gasteiger partial charge in [-0.05, 0) is 38.5 Å². The molecule has 0 aromatic carbocycles. The minimum absolute atomic E-state index is 0.103. The lowest BCUT2D eigenvalue weighted by molar-refractivity contribution is -0.151. The Kier molecular flexibility index (Phi) is 4.21. The number of hydrogen-bond acceptors (Lipinski definition) is 6. The number of hydrogen-bond donors (Lipinski definition) is 1. The van der Waals surface area contributed by atoms with Crippen molar-refractivity contribution >= 4 is 17.7 Å².